The first kappa shape index (κ1) is 17.4. The summed E-state index contributed by atoms with van der Waals surface area (Å²) < 4.78 is 5.57. The first-order chi connectivity index (χ1) is 8.24. The highest BCUT2D eigenvalue weighted by Crippen LogP contribution is 2.22. The standard InChI is InChI=1S/C15H28O2.H3N/c1-3-4-5-7-10-13(2)15(16)17-14-11-8-6-9-12-14;/h13-14H,3-12H2,1-2H3;1H3. The average molecular weight is 257 g/mol. The fraction of sp³-hybridized carbons (Fsp3) is 0.933. The summed E-state index contributed by atoms with van der Waals surface area (Å²) in [7, 11) is 0. The van der Waals surface area contributed by atoms with Crippen LogP contribution in [0.3, 0.4) is 0 Å². The minimum Gasteiger partial charge on any atom is -0.462 e. The van der Waals surface area contributed by atoms with Crippen LogP contribution in [0, 0.1) is 5.92 Å². The van der Waals surface area contributed by atoms with Gasteiger partial charge in [0.05, 0.1) is 5.92 Å². The highest BCUT2D eigenvalue weighted by Gasteiger charge is 2.21. The molecule has 0 aromatic heterocycles. The fourth-order valence-corrected chi connectivity index (χ4v) is 2.46. The van der Waals surface area contributed by atoms with Crippen molar-refractivity contribution >= 4 is 5.97 Å². The van der Waals surface area contributed by atoms with Crippen molar-refractivity contribution in [2.45, 2.75) is 84.2 Å². The Hall–Kier alpha value is -0.570. The van der Waals surface area contributed by atoms with Gasteiger partial charge in [0.25, 0.3) is 0 Å². The van der Waals surface area contributed by atoms with Gasteiger partial charge in [-0.2, -0.15) is 0 Å². The predicted octanol–water partition coefficient (Wildman–Crippen LogP) is 4.63. The molecule has 1 fully saturated rings. The van der Waals surface area contributed by atoms with E-state index in [2.05, 4.69) is 6.92 Å². The summed E-state index contributed by atoms with van der Waals surface area (Å²) in [6.07, 6.45) is 12.1. The van der Waals surface area contributed by atoms with Gasteiger partial charge >= 0.3 is 5.97 Å². The van der Waals surface area contributed by atoms with Gasteiger partial charge in [-0.1, -0.05) is 46.0 Å². The van der Waals surface area contributed by atoms with Gasteiger partial charge in [0.15, 0.2) is 0 Å². The molecule has 0 aromatic carbocycles. The summed E-state index contributed by atoms with van der Waals surface area (Å²) in [6, 6.07) is 0. The number of carbonyl (C=O) groups excluding carboxylic acids is 1. The SMILES string of the molecule is CCCCCCC(C)C(=O)OC1CCCCC1.N. The van der Waals surface area contributed by atoms with Gasteiger partial charge in [0.1, 0.15) is 6.10 Å². The molecule has 0 bridgehead atoms. The van der Waals surface area contributed by atoms with Gasteiger partial charge in [0, 0.05) is 0 Å². The van der Waals surface area contributed by atoms with Crippen molar-refractivity contribution in [3.8, 4) is 0 Å². The van der Waals surface area contributed by atoms with Crippen LogP contribution in [0.25, 0.3) is 0 Å². The zero-order chi connectivity index (χ0) is 12.5. The number of carbonyl (C=O) groups is 1. The molecule has 1 aliphatic rings. The molecule has 0 aliphatic heterocycles. The second kappa shape index (κ2) is 10.4. The van der Waals surface area contributed by atoms with Crippen molar-refractivity contribution < 1.29 is 9.53 Å². The van der Waals surface area contributed by atoms with Gasteiger partial charge in [-0.05, 0) is 32.1 Å². The maximum atomic E-state index is 11.9. The maximum absolute atomic E-state index is 11.9. The summed E-state index contributed by atoms with van der Waals surface area (Å²) >= 11 is 0. The molecule has 1 aliphatic carbocycles. The minimum absolute atomic E-state index is 0. The lowest BCUT2D eigenvalue weighted by Crippen LogP contribution is -2.24. The lowest BCUT2D eigenvalue weighted by molar-refractivity contribution is -0.155. The van der Waals surface area contributed by atoms with Crippen molar-refractivity contribution in [3.05, 3.63) is 0 Å². The van der Waals surface area contributed by atoms with E-state index in [9.17, 15) is 4.79 Å². The molecule has 0 heterocycles. The zero-order valence-electron chi connectivity index (χ0n) is 12.2. The number of ether oxygens (including phenoxy) is 1. The molecule has 1 rings (SSSR count). The van der Waals surface area contributed by atoms with Gasteiger partial charge in [-0.15, -0.1) is 0 Å². The van der Waals surface area contributed by atoms with E-state index in [0.29, 0.717) is 0 Å². The van der Waals surface area contributed by atoms with Crippen molar-refractivity contribution in [2.75, 3.05) is 0 Å². The van der Waals surface area contributed by atoms with Gasteiger partial charge < -0.3 is 10.9 Å². The summed E-state index contributed by atoms with van der Waals surface area (Å²) in [5, 5.41) is 0. The lowest BCUT2D eigenvalue weighted by Gasteiger charge is -2.23. The van der Waals surface area contributed by atoms with E-state index in [1.807, 2.05) is 6.92 Å². The monoisotopic (exact) mass is 257 g/mol. The summed E-state index contributed by atoms with van der Waals surface area (Å²) in [6.45, 7) is 4.22. The van der Waals surface area contributed by atoms with Crippen LogP contribution < -0.4 is 6.15 Å². The van der Waals surface area contributed by atoms with Crippen LogP contribution in [0.5, 0.6) is 0 Å². The molecule has 0 aromatic rings. The molecule has 3 nitrogen and oxygen atoms in total. The Morgan fingerprint density at radius 2 is 1.83 bits per heavy atom. The molecule has 18 heavy (non-hydrogen) atoms. The van der Waals surface area contributed by atoms with E-state index in [4.69, 9.17) is 4.74 Å². The number of rotatable bonds is 7. The van der Waals surface area contributed by atoms with E-state index >= 15 is 0 Å². The average Bonchev–Trinajstić information content (AvgIpc) is 2.35. The zero-order valence-corrected chi connectivity index (χ0v) is 12.2. The third-order valence-corrected chi connectivity index (χ3v) is 3.73. The van der Waals surface area contributed by atoms with E-state index in [1.54, 1.807) is 0 Å². The topological polar surface area (TPSA) is 61.3 Å². The Balaban J connectivity index is 0.00000289. The molecule has 1 atom stereocenters. The number of esters is 1. The smallest absolute Gasteiger partial charge is 0.308 e. The Labute approximate surface area is 112 Å². The van der Waals surface area contributed by atoms with Crippen LogP contribution in [-0.2, 0) is 9.53 Å². The van der Waals surface area contributed by atoms with Crippen molar-refractivity contribution in [1.29, 1.82) is 0 Å². The fourth-order valence-electron chi connectivity index (χ4n) is 2.46. The molecular weight excluding hydrogens is 226 g/mol. The predicted molar refractivity (Wildman–Crippen MR) is 75.9 cm³/mol. The first-order valence-corrected chi connectivity index (χ1v) is 7.44. The number of hydrogen-bond donors (Lipinski definition) is 1. The quantitative estimate of drug-likeness (QED) is 0.534. The summed E-state index contributed by atoms with van der Waals surface area (Å²) in [4.78, 5) is 11.9. The highest BCUT2D eigenvalue weighted by molar-refractivity contribution is 5.72. The molecule has 0 saturated heterocycles. The van der Waals surface area contributed by atoms with Crippen molar-refractivity contribution in [2.24, 2.45) is 5.92 Å². The molecule has 108 valence electrons. The summed E-state index contributed by atoms with van der Waals surface area (Å²) in [5.74, 6) is 0.127. The van der Waals surface area contributed by atoms with Crippen LogP contribution in [0.2, 0.25) is 0 Å². The second-order valence-corrected chi connectivity index (χ2v) is 5.45. The van der Waals surface area contributed by atoms with Crippen molar-refractivity contribution in [1.82, 2.24) is 6.15 Å². The Morgan fingerprint density at radius 1 is 1.17 bits per heavy atom. The Bertz CT molecular complexity index is 213. The molecule has 0 amide bonds. The van der Waals surface area contributed by atoms with Gasteiger partial charge in [0.2, 0.25) is 0 Å². The molecule has 3 heteroatoms. The van der Waals surface area contributed by atoms with Crippen molar-refractivity contribution in [3.63, 3.8) is 0 Å². The molecule has 1 saturated carbocycles. The molecule has 0 radical (unpaired) electrons. The largest absolute Gasteiger partial charge is 0.462 e. The van der Waals surface area contributed by atoms with Crippen LogP contribution in [0.1, 0.15) is 78.1 Å². The van der Waals surface area contributed by atoms with Crippen LogP contribution in [-0.4, -0.2) is 12.1 Å². The van der Waals surface area contributed by atoms with Crippen LogP contribution >= 0.6 is 0 Å². The van der Waals surface area contributed by atoms with Crippen LogP contribution in [0.15, 0.2) is 0 Å². The Morgan fingerprint density at radius 3 is 2.44 bits per heavy atom. The molecule has 3 N–H and O–H groups in total. The molecular formula is C15H31NO2. The maximum Gasteiger partial charge on any atom is 0.308 e. The first-order valence-electron chi connectivity index (χ1n) is 7.44. The molecule has 1 unspecified atom stereocenters. The van der Waals surface area contributed by atoms with E-state index in [1.165, 1.54) is 38.5 Å². The van der Waals surface area contributed by atoms with Gasteiger partial charge in [-0.3, -0.25) is 4.79 Å². The normalized spacial score (nSPS) is 17.9. The van der Waals surface area contributed by atoms with Gasteiger partial charge in [-0.25, -0.2) is 0 Å². The van der Waals surface area contributed by atoms with Crippen LogP contribution in [0.4, 0.5) is 0 Å². The second-order valence-electron chi connectivity index (χ2n) is 5.45. The minimum atomic E-state index is 0. The molecule has 0 spiro atoms. The summed E-state index contributed by atoms with van der Waals surface area (Å²) in [5.41, 5.74) is 0. The van der Waals surface area contributed by atoms with E-state index < -0.39 is 0 Å². The van der Waals surface area contributed by atoms with E-state index in [0.717, 1.165) is 25.7 Å². The highest BCUT2D eigenvalue weighted by atomic mass is 16.5. The number of hydrogen-bond acceptors (Lipinski definition) is 3. The Kier molecular flexibility index (Phi) is 10.0. The lowest BCUT2D eigenvalue weighted by atomic mass is 9.97. The van der Waals surface area contributed by atoms with E-state index in [-0.39, 0.29) is 24.1 Å². The number of unbranched alkanes of at least 4 members (excludes halogenated alkanes) is 3. The third kappa shape index (κ3) is 7.00. The third-order valence-electron chi connectivity index (χ3n) is 3.73.